The first-order valence-corrected chi connectivity index (χ1v) is 5.02. The van der Waals surface area contributed by atoms with Gasteiger partial charge in [0.25, 0.3) is 0 Å². The molecule has 0 unspecified atom stereocenters. The van der Waals surface area contributed by atoms with Crippen LogP contribution in [0, 0.1) is 0 Å². The van der Waals surface area contributed by atoms with Gasteiger partial charge in [0, 0.05) is 11.9 Å². The number of imidazole rings is 1. The Bertz CT molecular complexity index is 566. The molecule has 1 aromatic carbocycles. The number of para-hydroxylation sites is 1. The Balaban J connectivity index is 2.14. The van der Waals surface area contributed by atoms with Gasteiger partial charge in [-0.05, 0) is 18.2 Å². The van der Waals surface area contributed by atoms with Gasteiger partial charge in [-0.3, -0.25) is 9.67 Å². The van der Waals surface area contributed by atoms with Gasteiger partial charge in [0.2, 0.25) is 0 Å². The van der Waals surface area contributed by atoms with Crippen molar-refractivity contribution in [2.75, 3.05) is 0 Å². The van der Waals surface area contributed by atoms with Crippen LogP contribution in [0.1, 0.15) is 0 Å². The van der Waals surface area contributed by atoms with E-state index in [1.165, 1.54) is 0 Å². The van der Waals surface area contributed by atoms with E-state index >= 15 is 0 Å². The summed E-state index contributed by atoms with van der Waals surface area (Å²) in [7, 11) is 0. The summed E-state index contributed by atoms with van der Waals surface area (Å²) in [6.07, 6.45) is 5.35. The van der Waals surface area contributed by atoms with Gasteiger partial charge in [0.05, 0.1) is 23.9 Å². The van der Waals surface area contributed by atoms with Gasteiger partial charge in [-0.1, -0.05) is 18.2 Å². The molecule has 0 aliphatic heterocycles. The van der Waals surface area contributed by atoms with Crippen molar-refractivity contribution >= 4 is 0 Å². The van der Waals surface area contributed by atoms with E-state index < -0.39 is 0 Å². The Kier molecular flexibility index (Phi) is 2.04. The number of H-pyrrole nitrogens is 1. The van der Waals surface area contributed by atoms with Gasteiger partial charge in [0.1, 0.15) is 0 Å². The highest BCUT2D eigenvalue weighted by Gasteiger charge is 2.06. The van der Waals surface area contributed by atoms with Gasteiger partial charge in [0.15, 0.2) is 0 Å². The van der Waals surface area contributed by atoms with Crippen molar-refractivity contribution in [2.24, 2.45) is 0 Å². The average molecular weight is 210 g/mol. The minimum Gasteiger partial charge on any atom is -0.297 e. The van der Waals surface area contributed by atoms with Crippen LogP contribution in [0.25, 0.3) is 17.1 Å². The van der Waals surface area contributed by atoms with E-state index in [1.54, 1.807) is 12.5 Å². The first-order valence-electron chi connectivity index (χ1n) is 5.02. The van der Waals surface area contributed by atoms with Crippen LogP contribution in [-0.2, 0) is 0 Å². The number of benzene rings is 1. The second kappa shape index (κ2) is 3.66. The number of rotatable bonds is 2. The van der Waals surface area contributed by atoms with Gasteiger partial charge < -0.3 is 0 Å². The molecule has 0 radical (unpaired) electrons. The highest BCUT2D eigenvalue weighted by Crippen LogP contribution is 2.19. The molecule has 0 saturated heterocycles. The van der Waals surface area contributed by atoms with Crippen LogP contribution in [0.2, 0.25) is 0 Å². The summed E-state index contributed by atoms with van der Waals surface area (Å²) in [6, 6.07) is 12.0. The van der Waals surface area contributed by atoms with E-state index in [9.17, 15) is 0 Å². The van der Waals surface area contributed by atoms with E-state index in [1.807, 2.05) is 47.2 Å². The quantitative estimate of drug-likeness (QED) is 0.705. The SMILES string of the molecule is c1ccc(-n2cncc2-c2ccn[nH]2)cc1. The molecule has 3 aromatic rings. The first-order chi connectivity index (χ1) is 7.95. The van der Waals surface area contributed by atoms with Crippen LogP contribution < -0.4 is 0 Å². The van der Waals surface area contributed by atoms with E-state index in [2.05, 4.69) is 15.2 Å². The molecule has 4 nitrogen and oxygen atoms in total. The number of nitrogens with one attached hydrogen (secondary N) is 1. The Morgan fingerprint density at radius 2 is 1.94 bits per heavy atom. The fraction of sp³-hybridized carbons (Fsp3) is 0. The molecule has 0 saturated carbocycles. The molecule has 4 heteroatoms. The Hall–Kier alpha value is -2.36. The third-order valence-electron chi connectivity index (χ3n) is 2.45. The molecule has 3 rings (SSSR count). The standard InChI is InChI=1S/C12H10N4/c1-2-4-10(5-3-1)16-9-13-8-12(16)11-6-7-14-15-11/h1-9H,(H,14,15). The summed E-state index contributed by atoms with van der Waals surface area (Å²) in [5.74, 6) is 0. The first kappa shape index (κ1) is 8.91. The average Bonchev–Trinajstić information content (AvgIpc) is 3.01. The molecule has 0 bridgehead atoms. The maximum absolute atomic E-state index is 4.17. The number of hydrogen-bond acceptors (Lipinski definition) is 2. The van der Waals surface area contributed by atoms with Crippen LogP contribution in [0.5, 0.6) is 0 Å². The molecular formula is C12H10N4. The van der Waals surface area contributed by atoms with Gasteiger partial charge in [-0.25, -0.2) is 4.98 Å². The predicted octanol–water partition coefficient (Wildman–Crippen LogP) is 2.26. The molecule has 16 heavy (non-hydrogen) atoms. The van der Waals surface area contributed by atoms with Crippen molar-refractivity contribution in [3.63, 3.8) is 0 Å². The van der Waals surface area contributed by atoms with Crippen LogP contribution >= 0.6 is 0 Å². The van der Waals surface area contributed by atoms with E-state index in [-0.39, 0.29) is 0 Å². The van der Waals surface area contributed by atoms with Crippen LogP contribution in [0.4, 0.5) is 0 Å². The fourth-order valence-corrected chi connectivity index (χ4v) is 1.69. The summed E-state index contributed by atoms with van der Waals surface area (Å²) in [6.45, 7) is 0. The van der Waals surface area contributed by atoms with Crippen molar-refractivity contribution in [3.05, 3.63) is 55.1 Å². The monoisotopic (exact) mass is 210 g/mol. The van der Waals surface area contributed by atoms with Crippen molar-refractivity contribution in [3.8, 4) is 17.1 Å². The molecular weight excluding hydrogens is 200 g/mol. The van der Waals surface area contributed by atoms with Crippen LogP contribution in [0.3, 0.4) is 0 Å². The topological polar surface area (TPSA) is 46.5 Å². The molecule has 2 heterocycles. The molecule has 78 valence electrons. The maximum Gasteiger partial charge on any atom is 0.0997 e. The lowest BCUT2D eigenvalue weighted by Gasteiger charge is -2.05. The summed E-state index contributed by atoms with van der Waals surface area (Å²) in [5.41, 5.74) is 3.05. The van der Waals surface area contributed by atoms with Crippen LogP contribution in [-0.4, -0.2) is 19.7 Å². The minimum absolute atomic E-state index is 0.960. The third kappa shape index (κ3) is 1.40. The zero-order chi connectivity index (χ0) is 10.8. The lowest BCUT2D eigenvalue weighted by atomic mass is 10.3. The van der Waals surface area contributed by atoms with E-state index in [4.69, 9.17) is 0 Å². The predicted molar refractivity (Wildman–Crippen MR) is 61.1 cm³/mol. The molecule has 2 aromatic heterocycles. The summed E-state index contributed by atoms with van der Waals surface area (Å²) in [4.78, 5) is 4.17. The van der Waals surface area contributed by atoms with Crippen LogP contribution in [0.15, 0.2) is 55.1 Å². The maximum atomic E-state index is 4.17. The van der Waals surface area contributed by atoms with Crippen molar-refractivity contribution in [1.29, 1.82) is 0 Å². The van der Waals surface area contributed by atoms with Gasteiger partial charge in [-0.15, -0.1) is 0 Å². The molecule has 0 atom stereocenters. The van der Waals surface area contributed by atoms with Crippen molar-refractivity contribution in [2.45, 2.75) is 0 Å². The number of hydrogen-bond donors (Lipinski definition) is 1. The lowest BCUT2D eigenvalue weighted by Crippen LogP contribution is -1.94. The second-order valence-electron chi connectivity index (χ2n) is 3.45. The minimum atomic E-state index is 0.960. The highest BCUT2D eigenvalue weighted by molar-refractivity contribution is 5.56. The molecule has 1 N–H and O–H groups in total. The normalized spacial score (nSPS) is 10.5. The van der Waals surface area contributed by atoms with E-state index in [0.29, 0.717) is 0 Å². The van der Waals surface area contributed by atoms with E-state index in [0.717, 1.165) is 17.1 Å². The molecule has 0 aliphatic rings. The molecule has 0 aliphatic carbocycles. The lowest BCUT2D eigenvalue weighted by molar-refractivity contribution is 1.03. The summed E-state index contributed by atoms with van der Waals surface area (Å²) in [5, 5.41) is 6.89. The Morgan fingerprint density at radius 3 is 2.69 bits per heavy atom. The fourth-order valence-electron chi connectivity index (χ4n) is 1.69. The summed E-state index contributed by atoms with van der Waals surface area (Å²) >= 11 is 0. The largest absolute Gasteiger partial charge is 0.297 e. The molecule has 0 spiro atoms. The van der Waals surface area contributed by atoms with Crippen molar-refractivity contribution in [1.82, 2.24) is 19.7 Å². The zero-order valence-electron chi connectivity index (χ0n) is 8.54. The molecule has 0 fully saturated rings. The second-order valence-corrected chi connectivity index (χ2v) is 3.45. The van der Waals surface area contributed by atoms with Crippen molar-refractivity contribution < 1.29 is 0 Å². The zero-order valence-corrected chi connectivity index (χ0v) is 8.54. The smallest absolute Gasteiger partial charge is 0.0997 e. The number of aromatic nitrogens is 4. The number of nitrogens with zero attached hydrogens (tertiary/aromatic N) is 3. The molecule has 0 amide bonds. The third-order valence-corrected chi connectivity index (χ3v) is 2.45. The Morgan fingerprint density at radius 1 is 1.06 bits per heavy atom. The van der Waals surface area contributed by atoms with Gasteiger partial charge in [-0.2, -0.15) is 5.10 Å². The highest BCUT2D eigenvalue weighted by atomic mass is 15.1. The summed E-state index contributed by atoms with van der Waals surface area (Å²) < 4.78 is 2.02. The number of aromatic amines is 1. The van der Waals surface area contributed by atoms with Gasteiger partial charge >= 0.3 is 0 Å². The Labute approximate surface area is 92.6 Å².